The van der Waals surface area contributed by atoms with Crippen LogP contribution in [0.3, 0.4) is 0 Å². The molecule has 0 saturated carbocycles. The van der Waals surface area contributed by atoms with Crippen molar-refractivity contribution in [2.24, 2.45) is 0 Å². The Bertz CT molecular complexity index is 1350. The summed E-state index contributed by atoms with van der Waals surface area (Å²) < 4.78 is 7.18. The van der Waals surface area contributed by atoms with E-state index in [-0.39, 0.29) is 17.1 Å². The maximum absolute atomic E-state index is 13.6. The molecule has 2 aromatic carbocycles. The molecule has 3 aromatic rings. The summed E-state index contributed by atoms with van der Waals surface area (Å²) in [4.78, 5) is 27.8. The number of allylic oxidation sites excluding steroid dienone is 1. The van der Waals surface area contributed by atoms with Crippen molar-refractivity contribution < 1.29 is 14.3 Å². The monoisotopic (exact) mass is 460 g/mol. The van der Waals surface area contributed by atoms with Gasteiger partial charge in [-0.3, -0.25) is 9.69 Å². The summed E-state index contributed by atoms with van der Waals surface area (Å²) in [5.41, 5.74) is 6.61. The fourth-order valence-corrected chi connectivity index (χ4v) is 4.60. The molecule has 0 aliphatic carbocycles. The van der Waals surface area contributed by atoms with E-state index >= 15 is 0 Å². The molecule has 1 aliphatic heterocycles. The minimum Gasteiger partial charge on any atom is -0.465 e. The van der Waals surface area contributed by atoms with Crippen molar-refractivity contribution in [3.05, 3.63) is 99.0 Å². The molecule has 0 spiro atoms. The Morgan fingerprint density at radius 1 is 0.970 bits per heavy atom. The topological polar surface area (TPSA) is 51.5 Å². The van der Waals surface area contributed by atoms with Crippen LogP contribution < -0.4 is 4.90 Å². The number of methoxy groups -OCH3 is 1. The second kappa shape index (κ2) is 8.75. The van der Waals surface area contributed by atoms with E-state index in [0.717, 1.165) is 28.2 Å². The number of hydrogen-bond acceptors (Lipinski definition) is 3. The van der Waals surface area contributed by atoms with Gasteiger partial charge in [0.05, 0.1) is 29.0 Å². The van der Waals surface area contributed by atoms with Crippen molar-refractivity contribution in [1.82, 2.24) is 4.57 Å². The third-order valence-corrected chi connectivity index (χ3v) is 6.33. The standard InChI is InChI=1S/C27H25ClN2O3/c1-16-10-6-8-12-23(16)29-17(2)14-20(18(29)3)15-21-25(27(32)33-5)19(4)30(26(21)31)24-13-9-7-11-22(24)28/h6-15H,1-5H3/b21-15-. The predicted octanol–water partition coefficient (Wildman–Crippen LogP) is 5.93. The largest absolute Gasteiger partial charge is 0.465 e. The van der Waals surface area contributed by atoms with Crippen LogP contribution in [0.2, 0.25) is 5.02 Å². The first-order chi connectivity index (χ1) is 15.8. The van der Waals surface area contributed by atoms with E-state index in [9.17, 15) is 9.59 Å². The molecule has 0 radical (unpaired) electrons. The maximum atomic E-state index is 13.6. The van der Waals surface area contributed by atoms with Gasteiger partial charge in [0.15, 0.2) is 0 Å². The van der Waals surface area contributed by atoms with Gasteiger partial charge in [-0.05, 0) is 69.2 Å². The molecule has 5 nitrogen and oxygen atoms in total. The second-order valence-electron chi connectivity index (χ2n) is 8.05. The molecule has 4 rings (SSSR count). The number of anilines is 1. The van der Waals surface area contributed by atoms with Crippen LogP contribution in [0.1, 0.15) is 29.4 Å². The summed E-state index contributed by atoms with van der Waals surface area (Å²) in [5.74, 6) is -0.879. The normalized spacial score (nSPS) is 15.0. The van der Waals surface area contributed by atoms with E-state index in [1.165, 1.54) is 12.0 Å². The number of carbonyl (C=O) groups is 2. The van der Waals surface area contributed by atoms with Gasteiger partial charge in [-0.25, -0.2) is 4.79 Å². The molecule has 2 heterocycles. The lowest BCUT2D eigenvalue weighted by Gasteiger charge is -2.19. The van der Waals surface area contributed by atoms with Crippen LogP contribution in [-0.4, -0.2) is 23.6 Å². The number of para-hydroxylation sites is 2. The smallest absolute Gasteiger partial charge is 0.340 e. The summed E-state index contributed by atoms with van der Waals surface area (Å²) in [5, 5.41) is 0.424. The van der Waals surface area contributed by atoms with Crippen LogP contribution in [0.5, 0.6) is 0 Å². The van der Waals surface area contributed by atoms with Crippen LogP contribution in [0.15, 0.2) is 71.4 Å². The van der Waals surface area contributed by atoms with Crippen molar-refractivity contribution in [3.63, 3.8) is 0 Å². The van der Waals surface area contributed by atoms with Crippen LogP contribution in [0.25, 0.3) is 11.8 Å². The number of benzene rings is 2. The van der Waals surface area contributed by atoms with Gasteiger partial charge in [-0.15, -0.1) is 0 Å². The lowest BCUT2D eigenvalue weighted by molar-refractivity contribution is -0.136. The zero-order chi connectivity index (χ0) is 23.9. The highest BCUT2D eigenvalue weighted by atomic mass is 35.5. The van der Waals surface area contributed by atoms with E-state index in [1.807, 2.05) is 32.0 Å². The number of rotatable bonds is 4. The Morgan fingerprint density at radius 2 is 1.61 bits per heavy atom. The second-order valence-corrected chi connectivity index (χ2v) is 8.46. The molecule has 0 unspecified atom stereocenters. The van der Waals surface area contributed by atoms with Gasteiger partial charge >= 0.3 is 5.97 Å². The zero-order valence-electron chi connectivity index (χ0n) is 19.3. The number of esters is 1. The molecule has 168 valence electrons. The van der Waals surface area contributed by atoms with E-state index < -0.39 is 5.97 Å². The van der Waals surface area contributed by atoms with E-state index in [0.29, 0.717) is 16.4 Å². The molecule has 6 heteroatoms. The number of nitrogens with zero attached hydrogens (tertiary/aromatic N) is 2. The molecule has 33 heavy (non-hydrogen) atoms. The number of carbonyl (C=O) groups excluding carboxylic acids is 2. The molecule has 0 N–H and O–H groups in total. The summed E-state index contributed by atoms with van der Waals surface area (Å²) in [6, 6.07) is 17.2. The fraction of sp³-hybridized carbons (Fsp3) is 0.185. The SMILES string of the molecule is COC(=O)C1=C(C)N(c2ccccc2Cl)C(=O)/C1=C\c1cc(C)n(-c2ccccc2C)c1C. The highest BCUT2D eigenvalue weighted by Gasteiger charge is 2.38. The van der Waals surface area contributed by atoms with Crippen molar-refractivity contribution in [3.8, 4) is 5.69 Å². The van der Waals surface area contributed by atoms with Gasteiger partial charge in [0, 0.05) is 22.8 Å². The van der Waals surface area contributed by atoms with Crippen molar-refractivity contribution in [2.75, 3.05) is 12.0 Å². The van der Waals surface area contributed by atoms with E-state index in [1.54, 1.807) is 37.3 Å². The number of amides is 1. The van der Waals surface area contributed by atoms with E-state index in [4.69, 9.17) is 16.3 Å². The lowest BCUT2D eigenvalue weighted by atomic mass is 10.0. The highest BCUT2D eigenvalue weighted by molar-refractivity contribution is 6.35. The zero-order valence-corrected chi connectivity index (χ0v) is 20.0. The minimum atomic E-state index is -0.561. The van der Waals surface area contributed by atoms with Gasteiger partial charge in [-0.1, -0.05) is 41.9 Å². The number of aryl methyl sites for hydroxylation is 2. The molecule has 0 fully saturated rings. The summed E-state index contributed by atoms with van der Waals surface area (Å²) in [6.07, 6.45) is 1.77. The average Bonchev–Trinajstić information content (AvgIpc) is 3.20. The van der Waals surface area contributed by atoms with Crippen molar-refractivity contribution in [1.29, 1.82) is 0 Å². The summed E-state index contributed by atoms with van der Waals surface area (Å²) in [6.45, 7) is 7.82. The van der Waals surface area contributed by atoms with Gasteiger partial charge < -0.3 is 9.30 Å². The molecule has 0 saturated heterocycles. The summed E-state index contributed by atoms with van der Waals surface area (Å²) >= 11 is 6.38. The van der Waals surface area contributed by atoms with Crippen molar-refractivity contribution in [2.45, 2.75) is 27.7 Å². The molecule has 1 aliphatic rings. The number of ether oxygens (including phenoxy) is 1. The Hall–Kier alpha value is -3.57. The number of halogens is 1. The van der Waals surface area contributed by atoms with Gasteiger partial charge in [-0.2, -0.15) is 0 Å². The minimum absolute atomic E-state index is 0.239. The third kappa shape index (κ3) is 3.79. The van der Waals surface area contributed by atoms with Crippen molar-refractivity contribution >= 4 is 35.2 Å². The first-order valence-electron chi connectivity index (χ1n) is 10.6. The summed E-state index contributed by atoms with van der Waals surface area (Å²) in [7, 11) is 1.31. The molecule has 1 aromatic heterocycles. The van der Waals surface area contributed by atoms with Crippen LogP contribution in [0.4, 0.5) is 5.69 Å². The Morgan fingerprint density at radius 3 is 2.24 bits per heavy atom. The number of aromatic nitrogens is 1. The van der Waals surface area contributed by atoms with E-state index in [2.05, 4.69) is 23.6 Å². The first kappa shape index (κ1) is 22.6. The Balaban J connectivity index is 1.88. The predicted molar refractivity (Wildman–Crippen MR) is 132 cm³/mol. The Kier molecular flexibility index (Phi) is 6.00. The van der Waals surface area contributed by atoms with Crippen LogP contribution >= 0.6 is 11.6 Å². The Labute approximate surface area is 198 Å². The van der Waals surface area contributed by atoms with Gasteiger partial charge in [0.1, 0.15) is 0 Å². The van der Waals surface area contributed by atoms with Gasteiger partial charge in [0.25, 0.3) is 5.91 Å². The fourth-order valence-electron chi connectivity index (χ4n) is 4.38. The third-order valence-electron chi connectivity index (χ3n) is 6.01. The maximum Gasteiger partial charge on any atom is 0.340 e. The molecular weight excluding hydrogens is 436 g/mol. The van der Waals surface area contributed by atoms with Gasteiger partial charge in [0.2, 0.25) is 0 Å². The molecule has 1 amide bonds. The van der Waals surface area contributed by atoms with Crippen LogP contribution in [-0.2, 0) is 14.3 Å². The molecular formula is C27H25ClN2O3. The van der Waals surface area contributed by atoms with Crippen LogP contribution in [0, 0.1) is 20.8 Å². The average molecular weight is 461 g/mol. The molecule has 0 atom stereocenters. The quantitative estimate of drug-likeness (QED) is 0.358. The first-order valence-corrected chi connectivity index (χ1v) is 11.0. The lowest BCUT2D eigenvalue weighted by Crippen LogP contribution is -2.24. The highest BCUT2D eigenvalue weighted by Crippen LogP contribution is 2.39. The number of hydrogen-bond donors (Lipinski definition) is 0. The molecule has 0 bridgehead atoms.